The third-order valence-corrected chi connectivity index (χ3v) is 4.80. The Morgan fingerprint density at radius 2 is 1.95 bits per heavy atom. The molecule has 0 heterocycles. The van der Waals surface area contributed by atoms with Gasteiger partial charge in [0.05, 0.1) is 11.6 Å². The summed E-state index contributed by atoms with van der Waals surface area (Å²) >= 11 is 3.57. The molecule has 0 aromatic heterocycles. The van der Waals surface area contributed by atoms with Crippen molar-refractivity contribution in [3.05, 3.63) is 28.2 Å². The van der Waals surface area contributed by atoms with Crippen LogP contribution in [0.3, 0.4) is 0 Å². The summed E-state index contributed by atoms with van der Waals surface area (Å²) in [4.78, 5) is 0. The van der Waals surface area contributed by atoms with Crippen LogP contribution in [0.15, 0.2) is 22.7 Å². The van der Waals surface area contributed by atoms with E-state index in [2.05, 4.69) is 60.2 Å². The van der Waals surface area contributed by atoms with E-state index in [1.165, 1.54) is 24.8 Å². The first kappa shape index (κ1) is 15.8. The van der Waals surface area contributed by atoms with Crippen molar-refractivity contribution in [2.24, 2.45) is 11.8 Å². The first-order valence-corrected chi connectivity index (χ1v) is 8.26. The van der Waals surface area contributed by atoms with E-state index in [1.807, 2.05) is 0 Å². The lowest BCUT2D eigenvalue weighted by Crippen LogP contribution is -2.44. The second-order valence-corrected chi connectivity index (χ2v) is 7.76. The fraction of sp³-hybridized carbons (Fsp3) is 0.647. The molecule has 112 valence electrons. The van der Waals surface area contributed by atoms with Crippen LogP contribution in [0.25, 0.3) is 0 Å². The van der Waals surface area contributed by atoms with E-state index in [1.54, 1.807) is 7.11 Å². The zero-order chi connectivity index (χ0) is 14.8. The van der Waals surface area contributed by atoms with Gasteiger partial charge >= 0.3 is 0 Å². The summed E-state index contributed by atoms with van der Waals surface area (Å²) in [6.07, 6.45) is 3.91. The van der Waals surface area contributed by atoms with E-state index < -0.39 is 0 Å². The van der Waals surface area contributed by atoms with Crippen LogP contribution in [0.5, 0.6) is 5.75 Å². The number of halogens is 1. The standard InChI is InChI=1S/C17H26BrNO/c1-17(2,3)19-11-14-7-6-13(14)9-12-5-8-16(20-4)15(18)10-12/h5,8,10,13-14,19H,6-7,9,11H2,1-4H3. The molecule has 0 spiro atoms. The first-order chi connectivity index (χ1) is 9.39. The second-order valence-electron chi connectivity index (χ2n) is 6.90. The molecule has 3 heteroatoms. The van der Waals surface area contributed by atoms with Gasteiger partial charge in [0.15, 0.2) is 0 Å². The summed E-state index contributed by atoms with van der Waals surface area (Å²) in [7, 11) is 1.71. The quantitative estimate of drug-likeness (QED) is 0.857. The highest BCUT2D eigenvalue weighted by atomic mass is 79.9. The molecule has 1 aliphatic rings. The molecule has 1 N–H and O–H groups in total. The zero-order valence-corrected chi connectivity index (χ0v) is 14.6. The predicted octanol–water partition coefficient (Wildman–Crippen LogP) is 4.41. The Balaban J connectivity index is 1.89. The maximum absolute atomic E-state index is 5.29. The number of rotatable bonds is 5. The molecule has 1 aromatic carbocycles. The Morgan fingerprint density at radius 3 is 2.45 bits per heavy atom. The lowest BCUT2D eigenvalue weighted by atomic mass is 9.70. The Labute approximate surface area is 131 Å². The lowest BCUT2D eigenvalue weighted by molar-refractivity contribution is 0.159. The van der Waals surface area contributed by atoms with Gasteiger partial charge in [-0.15, -0.1) is 0 Å². The first-order valence-electron chi connectivity index (χ1n) is 7.46. The molecule has 0 saturated heterocycles. The second kappa shape index (κ2) is 6.48. The van der Waals surface area contributed by atoms with Gasteiger partial charge in [0.2, 0.25) is 0 Å². The van der Waals surface area contributed by atoms with E-state index in [9.17, 15) is 0 Å². The largest absolute Gasteiger partial charge is 0.496 e. The van der Waals surface area contributed by atoms with Crippen LogP contribution in [-0.2, 0) is 6.42 Å². The summed E-state index contributed by atoms with van der Waals surface area (Å²) in [6, 6.07) is 6.45. The molecular formula is C17H26BrNO. The normalized spacial score (nSPS) is 22.4. The third kappa shape index (κ3) is 4.23. The van der Waals surface area contributed by atoms with Crippen LogP contribution >= 0.6 is 15.9 Å². The monoisotopic (exact) mass is 339 g/mol. The predicted molar refractivity (Wildman–Crippen MR) is 88.4 cm³/mol. The lowest BCUT2D eigenvalue weighted by Gasteiger charge is -2.39. The van der Waals surface area contributed by atoms with Gasteiger partial charge in [0.1, 0.15) is 5.75 Å². The number of hydrogen-bond acceptors (Lipinski definition) is 2. The maximum atomic E-state index is 5.29. The van der Waals surface area contributed by atoms with Crippen molar-refractivity contribution in [3.8, 4) is 5.75 Å². The molecule has 1 fully saturated rings. The van der Waals surface area contributed by atoms with Crippen molar-refractivity contribution < 1.29 is 4.74 Å². The number of ether oxygens (including phenoxy) is 1. The average molecular weight is 340 g/mol. The van der Waals surface area contributed by atoms with Gasteiger partial charge < -0.3 is 10.1 Å². The minimum atomic E-state index is 0.225. The fourth-order valence-electron chi connectivity index (χ4n) is 2.75. The molecule has 2 atom stereocenters. The van der Waals surface area contributed by atoms with E-state index in [4.69, 9.17) is 4.74 Å². The highest BCUT2D eigenvalue weighted by Crippen LogP contribution is 2.37. The van der Waals surface area contributed by atoms with Crippen molar-refractivity contribution in [1.82, 2.24) is 5.32 Å². The van der Waals surface area contributed by atoms with Gasteiger partial charge in [-0.25, -0.2) is 0 Å². The molecule has 2 unspecified atom stereocenters. The zero-order valence-electron chi connectivity index (χ0n) is 13.0. The molecule has 1 saturated carbocycles. The molecule has 20 heavy (non-hydrogen) atoms. The molecule has 0 amide bonds. The number of nitrogens with one attached hydrogen (secondary N) is 1. The minimum absolute atomic E-state index is 0.225. The van der Waals surface area contributed by atoms with Gasteiger partial charge in [-0.1, -0.05) is 6.07 Å². The number of benzene rings is 1. The van der Waals surface area contributed by atoms with Gasteiger partial charge in [0, 0.05) is 5.54 Å². The third-order valence-electron chi connectivity index (χ3n) is 4.18. The highest BCUT2D eigenvalue weighted by molar-refractivity contribution is 9.10. The Hall–Kier alpha value is -0.540. The van der Waals surface area contributed by atoms with Crippen LogP contribution in [-0.4, -0.2) is 19.2 Å². The SMILES string of the molecule is COc1ccc(CC2CCC2CNC(C)(C)C)cc1Br. The summed E-state index contributed by atoms with van der Waals surface area (Å²) in [5.74, 6) is 2.56. The van der Waals surface area contributed by atoms with Crippen LogP contribution in [0, 0.1) is 11.8 Å². The number of methoxy groups -OCH3 is 1. The summed E-state index contributed by atoms with van der Waals surface area (Å²) < 4.78 is 6.34. The molecule has 2 nitrogen and oxygen atoms in total. The molecule has 1 aromatic rings. The molecule has 0 aliphatic heterocycles. The molecule has 0 bridgehead atoms. The van der Waals surface area contributed by atoms with E-state index >= 15 is 0 Å². The van der Waals surface area contributed by atoms with Crippen LogP contribution in [0.1, 0.15) is 39.2 Å². The van der Waals surface area contributed by atoms with Gasteiger partial charge in [0.25, 0.3) is 0 Å². The fourth-order valence-corrected chi connectivity index (χ4v) is 3.34. The molecule has 0 radical (unpaired) electrons. The molecule has 2 rings (SSSR count). The smallest absolute Gasteiger partial charge is 0.133 e. The Morgan fingerprint density at radius 1 is 1.25 bits per heavy atom. The van der Waals surface area contributed by atoms with Crippen molar-refractivity contribution >= 4 is 15.9 Å². The summed E-state index contributed by atoms with van der Waals surface area (Å²) in [5.41, 5.74) is 1.63. The number of hydrogen-bond donors (Lipinski definition) is 1. The van der Waals surface area contributed by atoms with Gasteiger partial charge in [-0.2, -0.15) is 0 Å². The van der Waals surface area contributed by atoms with Crippen LogP contribution in [0.2, 0.25) is 0 Å². The van der Waals surface area contributed by atoms with Gasteiger partial charge in [-0.05, 0) is 92.0 Å². The van der Waals surface area contributed by atoms with Crippen molar-refractivity contribution in [3.63, 3.8) is 0 Å². The Bertz CT molecular complexity index is 453. The van der Waals surface area contributed by atoms with Crippen LogP contribution in [0.4, 0.5) is 0 Å². The molecular weight excluding hydrogens is 314 g/mol. The van der Waals surface area contributed by atoms with E-state index in [-0.39, 0.29) is 5.54 Å². The highest BCUT2D eigenvalue weighted by Gasteiger charge is 2.31. The minimum Gasteiger partial charge on any atom is -0.496 e. The van der Waals surface area contributed by atoms with Crippen molar-refractivity contribution in [2.75, 3.05) is 13.7 Å². The van der Waals surface area contributed by atoms with Crippen LogP contribution < -0.4 is 10.1 Å². The molecule has 1 aliphatic carbocycles. The van der Waals surface area contributed by atoms with E-state index in [0.717, 1.165) is 28.6 Å². The van der Waals surface area contributed by atoms with Crippen molar-refractivity contribution in [1.29, 1.82) is 0 Å². The van der Waals surface area contributed by atoms with E-state index in [0.29, 0.717) is 0 Å². The summed E-state index contributed by atoms with van der Waals surface area (Å²) in [5, 5.41) is 3.64. The Kier molecular flexibility index (Phi) is 5.14. The summed E-state index contributed by atoms with van der Waals surface area (Å²) in [6.45, 7) is 7.86. The van der Waals surface area contributed by atoms with Gasteiger partial charge in [-0.3, -0.25) is 0 Å². The maximum Gasteiger partial charge on any atom is 0.133 e. The average Bonchev–Trinajstić information content (AvgIpc) is 2.33. The van der Waals surface area contributed by atoms with Crippen molar-refractivity contribution in [2.45, 2.75) is 45.6 Å². The topological polar surface area (TPSA) is 21.3 Å².